The number of nitrogens with zero attached hydrogens (tertiary/aromatic N) is 4. The Kier molecular flexibility index (Phi) is 4.00. The van der Waals surface area contributed by atoms with E-state index in [0.717, 1.165) is 0 Å². The lowest BCUT2D eigenvalue weighted by molar-refractivity contribution is 0.386. The highest BCUT2D eigenvalue weighted by Crippen LogP contribution is 2.24. The summed E-state index contributed by atoms with van der Waals surface area (Å²) in [6.45, 7) is 0. The molecule has 0 aliphatic carbocycles. The average Bonchev–Trinajstić information content (AvgIpc) is 2.68. The van der Waals surface area contributed by atoms with E-state index >= 15 is 0 Å². The summed E-state index contributed by atoms with van der Waals surface area (Å²) in [5, 5.41) is 0. The van der Waals surface area contributed by atoms with E-state index in [9.17, 15) is 9.18 Å². The molecule has 0 aliphatic rings. The van der Waals surface area contributed by atoms with Gasteiger partial charge in [0.1, 0.15) is 5.52 Å². The van der Waals surface area contributed by atoms with Crippen molar-refractivity contribution >= 4 is 16.9 Å². The third-order valence-electron chi connectivity index (χ3n) is 4.06. The molecule has 2 N–H and O–H groups in total. The zero-order chi connectivity index (χ0) is 19.0. The molecule has 0 fully saturated rings. The van der Waals surface area contributed by atoms with Crippen molar-refractivity contribution in [2.24, 2.45) is 0 Å². The van der Waals surface area contributed by atoms with Crippen molar-refractivity contribution in [1.82, 2.24) is 19.5 Å². The topological polar surface area (TPSA) is 95.9 Å². The molecule has 0 radical (unpaired) electrons. The fraction of sp³-hybridized carbons (Fsp3) is 0.0526. The molecule has 2 aromatic carbocycles. The first kappa shape index (κ1) is 16.6. The zero-order valence-electron chi connectivity index (χ0n) is 14.3. The molecule has 2 heterocycles. The summed E-state index contributed by atoms with van der Waals surface area (Å²) < 4.78 is 20.4. The number of nitrogens with two attached hydrogens (primary N) is 1. The minimum absolute atomic E-state index is 0.125. The monoisotopic (exact) mass is 363 g/mol. The first-order valence-electron chi connectivity index (χ1n) is 8.01. The van der Waals surface area contributed by atoms with Crippen LogP contribution in [0.1, 0.15) is 0 Å². The Hall–Kier alpha value is -3.81. The van der Waals surface area contributed by atoms with Crippen LogP contribution in [0.15, 0.2) is 59.7 Å². The van der Waals surface area contributed by atoms with Crippen molar-refractivity contribution in [2.75, 3.05) is 12.8 Å². The summed E-state index contributed by atoms with van der Waals surface area (Å²) in [6, 6.07) is 11.2. The zero-order valence-corrected chi connectivity index (χ0v) is 14.3. The molecule has 27 heavy (non-hydrogen) atoms. The van der Waals surface area contributed by atoms with E-state index in [1.807, 2.05) is 0 Å². The first-order valence-corrected chi connectivity index (χ1v) is 8.01. The van der Waals surface area contributed by atoms with E-state index in [2.05, 4.69) is 15.0 Å². The van der Waals surface area contributed by atoms with Gasteiger partial charge in [-0.2, -0.15) is 0 Å². The normalized spacial score (nSPS) is 10.9. The van der Waals surface area contributed by atoms with Gasteiger partial charge in [-0.3, -0.25) is 9.36 Å². The molecule has 4 rings (SSSR count). The van der Waals surface area contributed by atoms with Crippen LogP contribution in [0.2, 0.25) is 0 Å². The molecule has 0 spiro atoms. The van der Waals surface area contributed by atoms with Gasteiger partial charge in [-0.15, -0.1) is 0 Å². The van der Waals surface area contributed by atoms with E-state index < -0.39 is 5.82 Å². The molecule has 0 saturated heterocycles. The van der Waals surface area contributed by atoms with Crippen LogP contribution in [-0.2, 0) is 0 Å². The van der Waals surface area contributed by atoms with Crippen molar-refractivity contribution in [2.45, 2.75) is 0 Å². The van der Waals surface area contributed by atoms with Gasteiger partial charge in [0.2, 0.25) is 0 Å². The third-order valence-corrected chi connectivity index (χ3v) is 4.06. The SMILES string of the molecule is COc1ccc(-c2ncc3ncc(=O)n(-c4ccc(N)cc4)c3n2)cc1F. The Morgan fingerprint density at radius 1 is 1.07 bits per heavy atom. The number of methoxy groups -OCH3 is 1. The Bertz CT molecular complexity index is 1210. The van der Waals surface area contributed by atoms with Gasteiger partial charge < -0.3 is 10.5 Å². The van der Waals surface area contributed by atoms with Gasteiger partial charge in [0.25, 0.3) is 5.56 Å². The van der Waals surface area contributed by atoms with E-state index in [0.29, 0.717) is 28.1 Å². The smallest absolute Gasteiger partial charge is 0.275 e. The predicted molar refractivity (Wildman–Crippen MR) is 99.3 cm³/mol. The molecule has 8 heteroatoms. The number of nitrogen functional groups attached to an aromatic ring is 1. The lowest BCUT2D eigenvalue weighted by atomic mass is 10.2. The van der Waals surface area contributed by atoms with Crippen LogP contribution in [0.3, 0.4) is 0 Å². The van der Waals surface area contributed by atoms with Crippen molar-refractivity contribution in [3.05, 3.63) is 71.0 Å². The molecule has 0 bridgehead atoms. The van der Waals surface area contributed by atoms with E-state index in [4.69, 9.17) is 10.5 Å². The van der Waals surface area contributed by atoms with Crippen molar-refractivity contribution in [3.63, 3.8) is 0 Å². The molecule has 0 unspecified atom stereocenters. The van der Waals surface area contributed by atoms with Gasteiger partial charge in [0.05, 0.1) is 25.2 Å². The maximum atomic E-state index is 14.0. The van der Waals surface area contributed by atoms with E-state index in [1.165, 1.54) is 36.2 Å². The second-order valence-electron chi connectivity index (χ2n) is 5.78. The van der Waals surface area contributed by atoms with Crippen LogP contribution < -0.4 is 16.0 Å². The highest BCUT2D eigenvalue weighted by Gasteiger charge is 2.12. The Morgan fingerprint density at radius 3 is 2.56 bits per heavy atom. The van der Waals surface area contributed by atoms with Crippen LogP contribution in [0.5, 0.6) is 5.75 Å². The highest BCUT2D eigenvalue weighted by molar-refractivity contribution is 5.74. The molecule has 0 atom stereocenters. The number of anilines is 1. The number of fused-ring (bicyclic) bond motifs is 1. The van der Waals surface area contributed by atoms with Crippen LogP contribution in [0.4, 0.5) is 10.1 Å². The van der Waals surface area contributed by atoms with Crippen molar-refractivity contribution in [3.8, 4) is 22.8 Å². The molecule has 0 aliphatic heterocycles. The largest absolute Gasteiger partial charge is 0.494 e. The van der Waals surface area contributed by atoms with Crippen LogP contribution in [0, 0.1) is 5.82 Å². The third kappa shape index (κ3) is 2.97. The summed E-state index contributed by atoms with van der Waals surface area (Å²) in [4.78, 5) is 25.2. The quantitative estimate of drug-likeness (QED) is 0.562. The summed E-state index contributed by atoms with van der Waals surface area (Å²) >= 11 is 0. The second kappa shape index (κ2) is 6.49. The second-order valence-corrected chi connectivity index (χ2v) is 5.78. The number of halogens is 1. The van der Waals surface area contributed by atoms with Crippen molar-refractivity contribution < 1.29 is 9.13 Å². The molecule has 7 nitrogen and oxygen atoms in total. The van der Waals surface area contributed by atoms with Gasteiger partial charge in [-0.25, -0.2) is 19.3 Å². The van der Waals surface area contributed by atoms with Crippen LogP contribution in [0.25, 0.3) is 28.2 Å². The maximum Gasteiger partial charge on any atom is 0.275 e. The Morgan fingerprint density at radius 2 is 1.85 bits per heavy atom. The molecule has 4 aromatic rings. The molecular formula is C19H14FN5O2. The molecule has 2 aromatic heterocycles. The molecule has 134 valence electrons. The first-order chi connectivity index (χ1) is 13.1. The fourth-order valence-corrected chi connectivity index (χ4v) is 2.73. The minimum atomic E-state index is -0.527. The van der Waals surface area contributed by atoms with Gasteiger partial charge in [0.15, 0.2) is 23.0 Å². The maximum absolute atomic E-state index is 14.0. The lowest BCUT2D eigenvalue weighted by Crippen LogP contribution is -2.19. The predicted octanol–water partition coefficient (Wildman–Crippen LogP) is 2.57. The van der Waals surface area contributed by atoms with Gasteiger partial charge in [-0.05, 0) is 42.5 Å². The summed E-state index contributed by atoms with van der Waals surface area (Å²) in [7, 11) is 1.39. The number of aromatic nitrogens is 4. The van der Waals surface area contributed by atoms with Crippen LogP contribution >= 0.6 is 0 Å². The molecule has 0 saturated carbocycles. The van der Waals surface area contributed by atoms with Gasteiger partial charge >= 0.3 is 0 Å². The standard InChI is InChI=1S/C19H14FN5O2/c1-27-16-7-2-11(8-14(16)20)18-23-9-15-19(24-18)25(17(26)10-22-15)13-5-3-12(21)4-6-13/h2-10H,21H2,1H3. The number of hydrogen-bond donors (Lipinski definition) is 1. The number of hydrogen-bond acceptors (Lipinski definition) is 6. The highest BCUT2D eigenvalue weighted by atomic mass is 19.1. The van der Waals surface area contributed by atoms with E-state index in [-0.39, 0.29) is 17.1 Å². The fourth-order valence-electron chi connectivity index (χ4n) is 2.73. The Balaban J connectivity index is 1.93. The summed E-state index contributed by atoms with van der Waals surface area (Å²) in [5.41, 5.74) is 7.74. The Labute approximate surface area is 152 Å². The average molecular weight is 363 g/mol. The van der Waals surface area contributed by atoms with Gasteiger partial charge in [0, 0.05) is 11.3 Å². The number of rotatable bonds is 3. The van der Waals surface area contributed by atoms with E-state index in [1.54, 1.807) is 30.3 Å². The molecule has 0 amide bonds. The van der Waals surface area contributed by atoms with Gasteiger partial charge in [-0.1, -0.05) is 0 Å². The van der Waals surface area contributed by atoms with Crippen molar-refractivity contribution in [1.29, 1.82) is 0 Å². The molecular weight excluding hydrogens is 349 g/mol. The lowest BCUT2D eigenvalue weighted by Gasteiger charge is -2.10. The minimum Gasteiger partial charge on any atom is -0.494 e. The number of ether oxygens (including phenoxy) is 1. The summed E-state index contributed by atoms with van der Waals surface area (Å²) in [5.74, 6) is -0.138. The summed E-state index contributed by atoms with van der Waals surface area (Å²) in [6.07, 6.45) is 2.70. The number of benzene rings is 2. The van der Waals surface area contributed by atoms with Crippen LogP contribution in [-0.4, -0.2) is 26.6 Å².